The van der Waals surface area contributed by atoms with Gasteiger partial charge in [-0.15, -0.1) is 11.3 Å². The van der Waals surface area contributed by atoms with Crippen LogP contribution in [0.1, 0.15) is 31.2 Å². The van der Waals surface area contributed by atoms with Crippen molar-refractivity contribution in [2.45, 2.75) is 32.7 Å². The Morgan fingerprint density at radius 1 is 1.28 bits per heavy atom. The number of ether oxygens (including phenoxy) is 1. The van der Waals surface area contributed by atoms with Gasteiger partial charge in [-0.05, 0) is 36.1 Å². The Balaban J connectivity index is 2.02. The largest absolute Gasteiger partial charge is 0.504 e. The standard InChI is InChI=1S/C19H27N3O2S/c1-5-20-18(22-13-19(2,3)17-7-6-10-25-17)21-12-14-8-9-16(24-4)15(23)11-14/h6-11,23H,5,12-13H2,1-4H3,(H2,20,21,22). The van der Waals surface area contributed by atoms with Crippen molar-refractivity contribution >= 4 is 17.3 Å². The van der Waals surface area contributed by atoms with Gasteiger partial charge in [0, 0.05) is 23.4 Å². The molecule has 0 aliphatic heterocycles. The number of hydrogen-bond acceptors (Lipinski definition) is 4. The molecule has 5 nitrogen and oxygen atoms in total. The summed E-state index contributed by atoms with van der Waals surface area (Å²) in [6, 6.07) is 9.58. The summed E-state index contributed by atoms with van der Waals surface area (Å²) < 4.78 is 5.07. The first-order chi connectivity index (χ1) is 12.0. The van der Waals surface area contributed by atoms with Crippen molar-refractivity contribution in [3.63, 3.8) is 0 Å². The van der Waals surface area contributed by atoms with Crippen LogP contribution in [0, 0.1) is 0 Å². The van der Waals surface area contributed by atoms with E-state index < -0.39 is 0 Å². The number of benzene rings is 1. The molecule has 1 aromatic carbocycles. The van der Waals surface area contributed by atoms with Gasteiger partial charge in [-0.25, -0.2) is 4.99 Å². The number of aromatic hydroxyl groups is 1. The number of thiophene rings is 1. The third-order valence-corrected chi connectivity index (χ3v) is 5.13. The van der Waals surface area contributed by atoms with Crippen LogP contribution < -0.4 is 15.4 Å². The fraction of sp³-hybridized carbons (Fsp3) is 0.421. The van der Waals surface area contributed by atoms with Gasteiger partial charge in [0.15, 0.2) is 17.5 Å². The maximum Gasteiger partial charge on any atom is 0.191 e. The number of nitrogens with one attached hydrogen (secondary N) is 2. The summed E-state index contributed by atoms with van der Waals surface area (Å²) in [6.45, 7) is 8.54. The highest BCUT2D eigenvalue weighted by molar-refractivity contribution is 7.10. The summed E-state index contributed by atoms with van der Waals surface area (Å²) in [5.41, 5.74) is 0.955. The van der Waals surface area contributed by atoms with Gasteiger partial charge in [-0.3, -0.25) is 0 Å². The summed E-state index contributed by atoms with van der Waals surface area (Å²) in [7, 11) is 1.54. The summed E-state index contributed by atoms with van der Waals surface area (Å²) >= 11 is 1.77. The minimum atomic E-state index is 0.0305. The van der Waals surface area contributed by atoms with Gasteiger partial charge >= 0.3 is 0 Å². The van der Waals surface area contributed by atoms with Crippen molar-refractivity contribution in [1.29, 1.82) is 0 Å². The molecular formula is C19H27N3O2S. The van der Waals surface area contributed by atoms with Gasteiger partial charge in [0.25, 0.3) is 0 Å². The molecule has 3 N–H and O–H groups in total. The Bertz CT molecular complexity index is 697. The highest BCUT2D eigenvalue weighted by atomic mass is 32.1. The molecule has 0 saturated heterocycles. The fourth-order valence-corrected chi connectivity index (χ4v) is 3.25. The molecule has 1 heterocycles. The predicted octanol–water partition coefficient (Wildman–Crippen LogP) is 3.50. The lowest BCUT2D eigenvalue weighted by molar-refractivity contribution is 0.373. The first kappa shape index (κ1) is 19.1. The molecule has 0 amide bonds. The maximum atomic E-state index is 9.87. The molecule has 0 radical (unpaired) electrons. The number of rotatable bonds is 7. The molecule has 0 saturated carbocycles. The van der Waals surface area contributed by atoms with E-state index >= 15 is 0 Å². The molecular weight excluding hydrogens is 334 g/mol. The van der Waals surface area contributed by atoms with Crippen LogP contribution in [0.25, 0.3) is 0 Å². The fourth-order valence-electron chi connectivity index (χ4n) is 2.40. The van der Waals surface area contributed by atoms with Gasteiger partial charge in [0.2, 0.25) is 0 Å². The number of phenols is 1. The van der Waals surface area contributed by atoms with Gasteiger partial charge in [0.05, 0.1) is 13.7 Å². The van der Waals surface area contributed by atoms with Crippen LogP contribution in [0.4, 0.5) is 0 Å². The van der Waals surface area contributed by atoms with Crippen LogP contribution in [-0.4, -0.2) is 31.3 Å². The Kier molecular flexibility index (Phi) is 6.70. The highest BCUT2D eigenvalue weighted by Gasteiger charge is 2.21. The average molecular weight is 362 g/mol. The number of nitrogens with zero attached hydrogens (tertiary/aromatic N) is 1. The number of methoxy groups -OCH3 is 1. The van der Waals surface area contributed by atoms with E-state index in [2.05, 4.69) is 47.0 Å². The van der Waals surface area contributed by atoms with E-state index in [-0.39, 0.29) is 11.2 Å². The summed E-state index contributed by atoms with van der Waals surface area (Å²) in [6.07, 6.45) is 0. The van der Waals surface area contributed by atoms with Crippen molar-refractivity contribution < 1.29 is 9.84 Å². The lowest BCUT2D eigenvalue weighted by Crippen LogP contribution is -2.43. The Morgan fingerprint density at radius 3 is 2.68 bits per heavy atom. The van der Waals surface area contributed by atoms with Gasteiger partial charge in [0.1, 0.15) is 0 Å². The lowest BCUT2D eigenvalue weighted by Gasteiger charge is -2.25. The zero-order chi connectivity index (χ0) is 18.3. The Hall–Kier alpha value is -2.21. The SMILES string of the molecule is CCNC(=NCc1ccc(OC)c(O)c1)NCC(C)(C)c1cccs1. The summed E-state index contributed by atoms with van der Waals surface area (Å²) in [5.74, 6) is 1.37. The van der Waals surface area contributed by atoms with Crippen LogP contribution >= 0.6 is 11.3 Å². The zero-order valence-corrected chi connectivity index (χ0v) is 16.1. The molecule has 0 fully saturated rings. The number of guanidine groups is 1. The lowest BCUT2D eigenvalue weighted by atomic mass is 9.91. The summed E-state index contributed by atoms with van der Waals surface area (Å²) in [4.78, 5) is 5.95. The van der Waals surface area contributed by atoms with E-state index in [9.17, 15) is 5.11 Å². The van der Waals surface area contributed by atoms with Crippen LogP contribution in [0.15, 0.2) is 40.7 Å². The molecule has 6 heteroatoms. The summed E-state index contributed by atoms with van der Waals surface area (Å²) in [5, 5.41) is 18.7. The molecule has 1 aromatic heterocycles. The second-order valence-corrected chi connectivity index (χ2v) is 7.36. The van der Waals surface area contributed by atoms with E-state index in [4.69, 9.17) is 4.74 Å². The second-order valence-electron chi connectivity index (χ2n) is 6.42. The predicted molar refractivity (Wildman–Crippen MR) is 105 cm³/mol. The van der Waals surface area contributed by atoms with E-state index in [0.717, 1.165) is 24.6 Å². The van der Waals surface area contributed by atoms with Crippen molar-refractivity contribution in [3.8, 4) is 11.5 Å². The van der Waals surface area contributed by atoms with E-state index in [1.165, 1.54) is 12.0 Å². The van der Waals surface area contributed by atoms with Crippen LogP contribution in [-0.2, 0) is 12.0 Å². The van der Waals surface area contributed by atoms with E-state index in [0.29, 0.717) is 12.3 Å². The number of hydrogen-bond donors (Lipinski definition) is 3. The van der Waals surface area contributed by atoms with Crippen molar-refractivity contribution in [1.82, 2.24) is 10.6 Å². The molecule has 0 spiro atoms. The molecule has 2 aromatic rings. The van der Waals surface area contributed by atoms with E-state index in [1.807, 2.05) is 13.0 Å². The molecule has 0 bridgehead atoms. The number of phenolic OH excluding ortho intramolecular Hbond substituents is 1. The van der Waals surface area contributed by atoms with Crippen molar-refractivity contribution in [2.24, 2.45) is 4.99 Å². The molecule has 136 valence electrons. The average Bonchev–Trinajstić information content (AvgIpc) is 3.13. The monoisotopic (exact) mass is 361 g/mol. The van der Waals surface area contributed by atoms with Gasteiger partial charge in [-0.2, -0.15) is 0 Å². The molecule has 0 unspecified atom stereocenters. The van der Waals surface area contributed by atoms with Gasteiger partial charge in [-0.1, -0.05) is 26.0 Å². The molecule has 0 aliphatic carbocycles. The van der Waals surface area contributed by atoms with Crippen LogP contribution in [0.2, 0.25) is 0 Å². The first-order valence-electron chi connectivity index (χ1n) is 8.38. The highest BCUT2D eigenvalue weighted by Crippen LogP contribution is 2.27. The first-order valence-corrected chi connectivity index (χ1v) is 9.26. The maximum absolute atomic E-state index is 9.87. The van der Waals surface area contributed by atoms with Crippen molar-refractivity contribution in [2.75, 3.05) is 20.2 Å². The molecule has 2 rings (SSSR count). The minimum Gasteiger partial charge on any atom is -0.504 e. The van der Waals surface area contributed by atoms with E-state index in [1.54, 1.807) is 23.5 Å². The Morgan fingerprint density at radius 2 is 2.08 bits per heavy atom. The Labute approximate surface area is 153 Å². The molecule has 0 atom stereocenters. The smallest absolute Gasteiger partial charge is 0.191 e. The second kappa shape index (κ2) is 8.76. The van der Waals surface area contributed by atoms with Crippen molar-refractivity contribution in [3.05, 3.63) is 46.2 Å². The third kappa shape index (κ3) is 5.39. The molecule has 0 aliphatic rings. The minimum absolute atomic E-state index is 0.0305. The molecule has 25 heavy (non-hydrogen) atoms. The quantitative estimate of drug-likeness (QED) is 0.522. The van der Waals surface area contributed by atoms with Gasteiger partial charge < -0.3 is 20.5 Å². The third-order valence-electron chi connectivity index (χ3n) is 3.89. The van der Waals surface area contributed by atoms with Crippen LogP contribution in [0.3, 0.4) is 0 Å². The normalized spacial score (nSPS) is 12.1. The topological polar surface area (TPSA) is 65.9 Å². The van der Waals surface area contributed by atoms with Crippen LogP contribution in [0.5, 0.6) is 11.5 Å². The zero-order valence-electron chi connectivity index (χ0n) is 15.3. The number of aliphatic imine (C=N–C) groups is 1.